The van der Waals surface area contributed by atoms with Crippen LogP contribution in [0.3, 0.4) is 0 Å². The number of nitrogens with zero attached hydrogens (tertiary/aromatic N) is 3. The summed E-state index contributed by atoms with van der Waals surface area (Å²) in [6.07, 6.45) is 2.40. The van der Waals surface area contributed by atoms with E-state index >= 15 is 0 Å². The number of carbonyl (C=O) groups is 2. The zero-order valence-corrected chi connectivity index (χ0v) is 17.1. The Balaban J connectivity index is 1.58. The zero-order valence-electron chi connectivity index (χ0n) is 16.4. The Morgan fingerprint density at radius 3 is 2.63 bits per heavy atom. The number of hydrogen-bond acceptors (Lipinski definition) is 3. The monoisotopic (exact) mass is 426 g/mol. The Morgan fingerprint density at radius 1 is 1.13 bits per heavy atom. The number of nitrogens with one attached hydrogen (secondary N) is 1. The molecule has 0 bridgehead atoms. The average Bonchev–Trinajstić information content (AvgIpc) is 3.03. The van der Waals surface area contributed by atoms with Crippen molar-refractivity contribution in [3.8, 4) is 5.69 Å². The smallest absolute Gasteiger partial charge is 0.260 e. The first-order valence-electron chi connectivity index (χ1n) is 9.67. The fraction of sp³-hybridized carbons (Fsp3) is 0.227. The summed E-state index contributed by atoms with van der Waals surface area (Å²) in [6.45, 7) is 2.36. The summed E-state index contributed by atoms with van der Waals surface area (Å²) in [4.78, 5) is 26.8. The van der Waals surface area contributed by atoms with Gasteiger partial charge < -0.3 is 10.2 Å². The van der Waals surface area contributed by atoms with Crippen molar-refractivity contribution in [2.75, 3.05) is 16.8 Å². The maximum atomic E-state index is 13.2. The van der Waals surface area contributed by atoms with Crippen LogP contribution < -0.4 is 10.2 Å². The molecule has 0 aliphatic carbocycles. The molecule has 0 radical (unpaired) electrons. The first-order chi connectivity index (χ1) is 14.4. The molecule has 2 heterocycles. The van der Waals surface area contributed by atoms with E-state index < -0.39 is 5.91 Å². The normalized spacial score (nSPS) is 14.1. The lowest BCUT2D eigenvalue weighted by atomic mass is 10.1. The average molecular weight is 427 g/mol. The van der Waals surface area contributed by atoms with Gasteiger partial charge in [0.25, 0.3) is 5.91 Å². The molecule has 0 spiro atoms. The molecule has 30 heavy (non-hydrogen) atoms. The van der Waals surface area contributed by atoms with Gasteiger partial charge in [-0.15, -0.1) is 0 Å². The van der Waals surface area contributed by atoms with Gasteiger partial charge >= 0.3 is 0 Å². The number of piperidine rings is 1. The van der Waals surface area contributed by atoms with Gasteiger partial charge in [-0.3, -0.25) is 9.59 Å². The third kappa shape index (κ3) is 3.93. The predicted octanol–water partition coefficient (Wildman–Crippen LogP) is 4.74. The number of halogens is 2. The molecule has 6 nitrogen and oxygen atoms in total. The van der Waals surface area contributed by atoms with Crippen molar-refractivity contribution in [2.45, 2.75) is 26.2 Å². The number of carbonyl (C=O) groups excluding carboxylic acids is 2. The molecule has 2 amide bonds. The number of rotatable bonds is 4. The Bertz CT molecular complexity index is 1110. The van der Waals surface area contributed by atoms with Crippen molar-refractivity contribution in [3.05, 3.63) is 70.8 Å². The van der Waals surface area contributed by atoms with E-state index in [4.69, 9.17) is 11.6 Å². The SMILES string of the molecule is Cc1nn(-c2ccc(F)cc2)c(Cl)c1C(=O)Nc1cccc(N2CCCCC2=O)c1. The lowest BCUT2D eigenvalue weighted by molar-refractivity contribution is -0.119. The van der Waals surface area contributed by atoms with Crippen molar-refractivity contribution in [1.82, 2.24) is 9.78 Å². The van der Waals surface area contributed by atoms with Gasteiger partial charge in [0.15, 0.2) is 0 Å². The lowest BCUT2D eigenvalue weighted by Crippen LogP contribution is -2.35. The minimum absolute atomic E-state index is 0.0872. The summed E-state index contributed by atoms with van der Waals surface area (Å²) in [5.41, 5.74) is 2.54. The first-order valence-corrected chi connectivity index (χ1v) is 10.0. The predicted molar refractivity (Wildman–Crippen MR) is 114 cm³/mol. The van der Waals surface area contributed by atoms with E-state index in [1.807, 2.05) is 6.07 Å². The molecule has 0 saturated carbocycles. The van der Waals surface area contributed by atoms with Gasteiger partial charge in [0.2, 0.25) is 5.91 Å². The van der Waals surface area contributed by atoms with Crippen molar-refractivity contribution >= 4 is 34.8 Å². The van der Waals surface area contributed by atoms with E-state index in [1.54, 1.807) is 30.0 Å². The van der Waals surface area contributed by atoms with Gasteiger partial charge in [-0.2, -0.15) is 5.10 Å². The largest absolute Gasteiger partial charge is 0.322 e. The van der Waals surface area contributed by atoms with E-state index in [-0.39, 0.29) is 22.4 Å². The van der Waals surface area contributed by atoms with Crippen LogP contribution in [0.1, 0.15) is 35.3 Å². The van der Waals surface area contributed by atoms with E-state index in [1.165, 1.54) is 28.9 Å². The molecule has 0 atom stereocenters. The van der Waals surface area contributed by atoms with E-state index in [2.05, 4.69) is 10.4 Å². The molecule has 0 unspecified atom stereocenters. The third-order valence-corrected chi connectivity index (χ3v) is 5.39. The fourth-order valence-corrected chi connectivity index (χ4v) is 3.89. The van der Waals surface area contributed by atoms with Crippen LogP contribution in [0.2, 0.25) is 5.15 Å². The molecule has 1 saturated heterocycles. The molecule has 1 fully saturated rings. The van der Waals surface area contributed by atoms with Gasteiger partial charge in [0.1, 0.15) is 16.5 Å². The second kappa shape index (κ2) is 8.28. The Hall–Kier alpha value is -3.19. The number of aromatic nitrogens is 2. The minimum Gasteiger partial charge on any atom is -0.322 e. The molecule has 1 aliphatic heterocycles. The van der Waals surface area contributed by atoms with Crippen LogP contribution in [0.25, 0.3) is 5.69 Å². The Morgan fingerprint density at radius 2 is 1.90 bits per heavy atom. The van der Waals surface area contributed by atoms with Crippen LogP contribution in [0.4, 0.5) is 15.8 Å². The molecule has 1 aliphatic rings. The van der Waals surface area contributed by atoms with Gasteiger partial charge in [0, 0.05) is 24.3 Å². The highest BCUT2D eigenvalue weighted by atomic mass is 35.5. The van der Waals surface area contributed by atoms with Crippen molar-refractivity contribution in [1.29, 1.82) is 0 Å². The fourth-order valence-electron chi connectivity index (χ4n) is 3.53. The van der Waals surface area contributed by atoms with E-state index in [0.29, 0.717) is 30.0 Å². The number of hydrogen-bond donors (Lipinski definition) is 1. The van der Waals surface area contributed by atoms with Crippen molar-refractivity contribution < 1.29 is 14.0 Å². The lowest BCUT2D eigenvalue weighted by Gasteiger charge is -2.27. The van der Waals surface area contributed by atoms with Crippen LogP contribution >= 0.6 is 11.6 Å². The Labute approximate surface area is 178 Å². The highest BCUT2D eigenvalue weighted by Crippen LogP contribution is 2.27. The highest BCUT2D eigenvalue weighted by molar-refractivity contribution is 6.34. The minimum atomic E-state index is -0.409. The number of benzene rings is 2. The summed E-state index contributed by atoms with van der Waals surface area (Å²) >= 11 is 6.43. The highest BCUT2D eigenvalue weighted by Gasteiger charge is 2.23. The van der Waals surface area contributed by atoms with Crippen LogP contribution in [0.5, 0.6) is 0 Å². The molecule has 1 N–H and O–H groups in total. The third-order valence-electron chi connectivity index (χ3n) is 5.04. The summed E-state index contributed by atoms with van der Waals surface area (Å²) in [6, 6.07) is 12.8. The van der Waals surface area contributed by atoms with Gasteiger partial charge in [0.05, 0.1) is 11.4 Å². The Kier molecular flexibility index (Phi) is 5.55. The summed E-state index contributed by atoms with van der Waals surface area (Å²) in [7, 11) is 0. The van der Waals surface area contributed by atoms with Crippen molar-refractivity contribution in [3.63, 3.8) is 0 Å². The molecule has 8 heteroatoms. The molecule has 4 rings (SSSR count). The molecule has 154 valence electrons. The van der Waals surface area contributed by atoms with Crippen LogP contribution in [0.15, 0.2) is 48.5 Å². The van der Waals surface area contributed by atoms with Crippen LogP contribution in [-0.2, 0) is 4.79 Å². The number of anilines is 2. The quantitative estimate of drug-likeness (QED) is 0.655. The molecule has 1 aromatic heterocycles. The van der Waals surface area contributed by atoms with E-state index in [0.717, 1.165) is 18.5 Å². The van der Waals surface area contributed by atoms with Crippen molar-refractivity contribution in [2.24, 2.45) is 0 Å². The summed E-state index contributed by atoms with van der Waals surface area (Å²) in [5.74, 6) is -0.694. The van der Waals surface area contributed by atoms with Gasteiger partial charge in [-0.25, -0.2) is 9.07 Å². The second-order valence-corrected chi connectivity index (χ2v) is 7.50. The topological polar surface area (TPSA) is 67.2 Å². The first kappa shape index (κ1) is 20.1. The molecule has 3 aromatic rings. The zero-order chi connectivity index (χ0) is 21.3. The van der Waals surface area contributed by atoms with Gasteiger partial charge in [-0.05, 0) is 62.2 Å². The van der Waals surface area contributed by atoms with Gasteiger partial charge in [-0.1, -0.05) is 17.7 Å². The van der Waals surface area contributed by atoms with E-state index in [9.17, 15) is 14.0 Å². The number of aryl methyl sites for hydroxylation is 1. The van der Waals surface area contributed by atoms with Crippen LogP contribution in [-0.4, -0.2) is 28.1 Å². The molecular weight excluding hydrogens is 407 g/mol. The maximum absolute atomic E-state index is 13.2. The standard InChI is InChI=1S/C22H20ClFN4O2/c1-14-20(21(23)28(26-14)17-10-8-15(24)9-11-17)22(30)25-16-5-4-6-18(13-16)27-12-3-2-7-19(27)29/h4-6,8-11,13H,2-3,7,12H2,1H3,(H,25,30). The van der Waals surface area contributed by atoms with Crippen LogP contribution in [0, 0.1) is 12.7 Å². The second-order valence-electron chi connectivity index (χ2n) is 7.15. The summed E-state index contributed by atoms with van der Waals surface area (Å²) < 4.78 is 14.6. The molecule has 2 aromatic carbocycles. The number of amides is 2. The maximum Gasteiger partial charge on any atom is 0.260 e. The molecular formula is C22H20ClFN4O2. The summed E-state index contributed by atoms with van der Waals surface area (Å²) in [5, 5.41) is 7.29.